The number of nitrogens with one attached hydrogen (secondary N) is 4. The van der Waals surface area contributed by atoms with Gasteiger partial charge in [-0.2, -0.15) is 0 Å². The summed E-state index contributed by atoms with van der Waals surface area (Å²) < 4.78 is 0. The molecular formula is C62H111N11O12. The molecular weight excluding hydrogens is 1090 g/mol. The van der Waals surface area contributed by atoms with Gasteiger partial charge in [0.15, 0.2) is 0 Å². The number of allylic oxidation sites excluding steroid dienone is 2. The number of rotatable bonds is 15. The molecule has 0 spiro atoms. The van der Waals surface area contributed by atoms with Crippen molar-refractivity contribution in [1.29, 1.82) is 0 Å². The van der Waals surface area contributed by atoms with Crippen LogP contribution in [0.15, 0.2) is 12.2 Å². The van der Waals surface area contributed by atoms with Crippen molar-refractivity contribution in [2.24, 2.45) is 41.4 Å². The van der Waals surface area contributed by atoms with Gasteiger partial charge in [0.1, 0.15) is 60.4 Å². The normalized spacial score (nSPS) is 26.9. The fraction of sp³-hybridized carbons (Fsp3) is 0.790. The van der Waals surface area contributed by atoms with Crippen molar-refractivity contribution in [3.63, 3.8) is 0 Å². The SMILES string of the molecule is C/C=C/C[C@@H](C)[C@@H](O)[C@H]1C(=O)N[C@@H](CC)C(=O)N(C)CC(=O)N(C)[C@H](C(C)C)C(=O)N[C@@H](C(C)C)C(=O)N(C)[C@@H](CC(C)C)C(=O)N[C@@H](CC)C(=O)N[C@H](C)C(=O)N(C)[C@@H](CC(C)C)C(=O)N(C)[C@@H](CC(C)C)C(=O)N(C)[C@@H](C(C)C)C(=O)N1C. The van der Waals surface area contributed by atoms with Gasteiger partial charge in [0, 0.05) is 49.3 Å². The van der Waals surface area contributed by atoms with Crippen molar-refractivity contribution in [3.8, 4) is 0 Å². The number of aliphatic hydroxyl groups excluding tert-OH is 1. The molecule has 1 aliphatic rings. The lowest BCUT2D eigenvalue weighted by Gasteiger charge is -2.41. The number of likely N-dealkylation sites (N-methyl/N-ethyl adjacent to an activating group) is 7. The number of carbonyl (C=O) groups is 11. The minimum absolute atomic E-state index is 0.0217. The molecule has 0 unspecified atom stereocenters. The van der Waals surface area contributed by atoms with E-state index in [0.717, 1.165) is 9.80 Å². The maximum atomic E-state index is 15.1. The average Bonchev–Trinajstić information content (AvgIpc) is 3.57. The lowest BCUT2D eigenvalue weighted by Crippen LogP contribution is -2.63. The molecule has 0 aromatic rings. The quantitative estimate of drug-likeness (QED) is 0.148. The van der Waals surface area contributed by atoms with Crippen molar-refractivity contribution >= 4 is 65.0 Å². The molecule has 0 aromatic carbocycles. The largest absolute Gasteiger partial charge is 0.390 e. The lowest BCUT2D eigenvalue weighted by molar-refractivity contribution is -0.157. The third kappa shape index (κ3) is 21.1. The number of carbonyl (C=O) groups excluding carboxylic acids is 11. The van der Waals surface area contributed by atoms with Crippen LogP contribution in [-0.2, 0) is 52.7 Å². The summed E-state index contributed by atoms with van der Waals surface area (Å²) in [5.74, 6) is -10.1. The van der Waals surface area contributed by atoms with Crippen LogP contribution in [0.3, 0.4) is 0 Å². The Morgan fingerprint density at radius 3 is 1.33 bits per heavy atom. The molecule has 85 heavy (non-hydrogen) atoms. The van der Waals surface area contributed by atoms with Gasteiger partial charge in [-0.3, -0.25) is 52.7 Å². The van der Waals surface area contributed by atoms with Crippen molar-refractivity contribution in [2.45, 2.75) is 223 Å². The predicted molar refractivity (Wildman–Crippen MR) is 328 cm³/mol. The van der Waals surface area contributed by atoms with Crippen LogP contribution in [0.2, 0.25) is 0 Å². The van der Waals surface area contributed by atoms with Crippen molar-refractivity contribution in [1.82, 2.24) is 55.6 Å². The van der Waals surface area contributed by atoms with Crippen molar-refractivity contribution in [3.05, 3.63) is 12.2 Å². The molecule has 1 rings (SSSR count). The van der Waals surface area contributed by atoms with E-state index in [1.165, 1.54) is 80.8 Å². The van der Waals surface area contributed by atoms with Gasteiger partial charge in [-0.05, 0) is 93.8 Å². The Balaban J connectivity index is 4.34. The predicted octanol–water partition coefficient (Wildman–Crippen LogP) is 3.27. The number of nitrogens with zero attached hydrogens (tertiary/aromatic N) is 7. The summed E-state index contributed by atoms with van der Waals surface area (Å²) in [6.07, 6.45) is 2.97. The fourth-order valence-electron chi connectivity index (χ4n) is 10.9. The van der Waals surface area contributed by atoms with Crippen LogP contribution < -0.4 is 21.3 Å². The topological polar surface area (TPSA) is 279 Å². The molecule has 11 amide bonds. The van der Waals surface area contributed by atoms with Crippen LogP contribution in [0.4, 0.5) is 0 Å². The molecule has 486 valence electrons. The molecule has 0 aliphatic carbocycles. The monoisotopic (exact) mass is 1200 g/mol. The maximum absolute atomic E-state index is 15.1. The summed E-state index contributed by atoms with van der Waals surface area (Å²) in [6, 6.07) is -12.3. The molecule has 5 N–H and O–H groups in total. The first-order chi connectivity index (χ1) is 39.3. The van der Waals surface area contributed by atoms with Crippen LogP contribution >= 0.6 is 0 Å². The second-order valence-corrected chi connectivity index (χ2v) is 25.9. The Labute approximate surface area is 508 Å². The molecule has 12 atom stereocenters. The van der Waals surface area contributed by atoms with Crippen molar-refractivity contribution in [2.75, 3.05) is 55.9 Å². The maximum Gasteiger partial charge on any atom is 0.246 e. The number of aliphatic hydroxyl groups is 1. The van der Waals surface area contributed by atoms with Gasteiger partial charge < -0.3 is 60.7 Å². The van der Waals surface area contributed by atoms with Gasteiger partial charge in [0.05, 0.1) is 12.6 Å². The molecule has 1 heterocycles. The molecule has 1 aliphatic heterocycles. The first-order valence-corrected chi connectivity index (χ1v) is 30.6. The zero-order chi connectivity index (χ0) is 66.0. The molecule has 0 aromatic heterocycles. The standard InChI is InChI=1S/C62H111N11O12/c1-25-28-29-40(16)52(75)51-56(79)65-43(27-3)58(81)67(18)33-47(74)71(22)49(38(12)13)55(78)66-48(37(10)11)61(84)68(19)44(30-34(4)5)54(77)64-42(26-2)53(76)63-41(17)57(80)69(20)45(31-35(6)7)59(82)70(21)46(32-36(8)9)60(83)72(23)50(39(14)15)62(85)73(51)24/h25,28,34-46,48-52,75H,26-27,29-33H2,1-24H3,(H,63,76)(H,64,77)(H,65,79)(H,66,78)/b28-25+/t40-,41-,42+,43+,44+,45+,46+,48+,49-,50+,51+,52-/m1/s1. The molecule has 0 saturated carbocycles. The van der Waals surface area contributed by atoms with E-state index in [9.17, 15) is 48.3 Å². The number of hydrogen-bond donors (Lipinski definition) is 5. The highest BCUT2D eigenvalue weighted by molar-refractivity contribution is 5.99. The van der Waals surface area contributed by atoms with Gasteiger partial charge >= 0.3 is 0 Å². The van der Waals surface area contributed by atoms with E-state index in [2.05, 4.69) is 21.3 Å². The number of hydrogen-bond acceptors (Lipinski definition) is 12. The first-order valence-electron chi connectivity index (χ1n) is 30.6. The third-order valence-corrected chi connectivity index (χ3v) is 16.2. The highest BCUT2D eigenvalue weighted by atomic mass is 16.3. The number of amides is 11. The van der Waals surface area contributed by atoms with Gasteiger partial charge in [0.25, 0.3) is 0 Å². The first kappa shape index (κ1) is 76.9. The second kappa shape index (κ2) is 34.9. The minimum Gasteiger partial charge on any atom is -0.390 e. The van der Waals surface area contributed by atoms with E-state index >= 15 is 9.59 Å². The van der Waals surface area contributed by atoms with Crippen molar-refractivity contribution < 1.29 is 57.8 Å². The van der Waals surface area contributed by atoms with Crippen LogP contribution in [0.5, 0.6) is 0 Å². The Morgan fingerprint density at radius 1 is 0.459 bits per heavy atom. The summed E-state index contributed by atoms with van der Waals surface area (Å²) >= 11 is 0. The highest BCUT2D eigenvalue weighted by Crippen LogP contribution is 2.26. The summed E-state index contributed by atoms with van der Waals surface area (Å²) in [6.45, 7) is 29.3. The summed E-state index contributed by atoms with van der Waals surface area (Å²) in [5, 5.41) is 23.2. The second-order valence-electron chi connectivity index (χ2n) is 25.9. The smallest absolute Gasteiger partial charge is 0.246 e. The van der Waals surface area contributed by atoms with Gasteiger partial charge in [-0.1, -0.05) is 116 Å². The van der Waals surface area contributed by atoms with E-state index < -0.39 is 162 Å². The van der Waals surface area contributed by atoms with E-state index in [1.54, 1.807) is 81.4 Å². The van der Waals surface area contributed by atoms with Gasteiger partial charge in [-0.25, -0.2) is 0 Å². The Hall–Kier alpha value is -6.13. The van der Waals surface area contributed by atoms with E-state index in [1.807, 2.05) is 41.5 Å². The van der Waals surface area contributed by atoms with E-state index in [4.69, 9.17) is 0 Å². The summed E-state index contributed by atoms with van der Waals surface area (Å²) in [7, 11) is 9.91. The zero-order valence-corrected chi connectivity index (χ0v) is 56.1. The Morgan fingerprint density at radius 2 is 0.882 bits per heavy atom. The molecule has 23 nitrogen and oxygen atoms in total. The van der Waals surface area contributed by atoms with E-state index in [0.29, 0.717) is 6.42 Å². The van der Waals surface area contributed by atoms with E-state index in [-0.39, 0.29) is 49.9 Å². The van der Waals surface area contributed by atoms with Gasteiger partial charge in [0.2, 0.25) is 65.0 Å². The summed E-state index contributed by atoms with van der Waals surface area (Å²) in [5.41, 5.74) is 0. The van der Waals surface area contributed by atoms with Crippen LogP contribution in [0.25, 0.3) is 0 Å². The Kier molecular flexibility index (Phi) is 31.5. The highest BCUT2D eigenvalue weighted by Gasteiger charge is 2.46. The Bertz CT molecular complexity index is 2330. The third-order valence-electron chi connectivity index (χ3n) is 16.2. The van der Waals surface area contributed by atoms with Crippen LogP contribution in [0.1, 0.15) is 156 Å². The summed E-state index contributed by atoms with van der Waals surface area (Å²) in [4.78, 5) is 169. The average molecular weight is 1200 g/mol. The zero-order valence-electron chi connectivity index (χ0n) is 56.1. The fourth-order valence-corrected chi connectivity index (χ4v) is 10.9. The molecule has 0 bridgehead atoms. The molecule has 1 saturated heterocycles. The molecule has 1 fully saturated rings. The van der Waals surface area contributed by atoms with Crippen LogP contribution in [-0.4, -0.2) is 227 Å². The molecule has 23 heteroatoms. The minimum atomic E-state index is -1.61. The lowest BCUT2D eigenvalue weighted by atomic mass is 9.91. The van der Waals surface area contributed by atoms with Gasteiger partial charge in [-0.15, -0.1) is 0 Å². The van der Waals surface area contributed by atoms with Crippen LogP contribution in [0, 0.1) is 41.4 Å². The molecule has 0 radical (unpaired) electrons.